The number of nitrogens with one attached hydrogen (secondary N) is 1. The molecule has 0 bridgehead atoms. The van der Waals surface area contributed by atoms with Gasteiger partial charge in [-0.25, -0.2) is 4.98 Å². The van der Waals surface area contributed by atoms with Crippen LogP contribution in [0.1, 0.15) is 61.9 Å². The molecule has 1 atom stereocenters. The van der Waals surface area contributed by atoms with E-state index in [1.807, 2.05) is 17.5 Å². The minimum absolute atomic E-state index is 0.388. The van der Waals surface area contributed by atoms with Crippen LogP contribution in [0.15, 0.2) is 6.20 Å². The molecule has 1 aromatic rings. The highest BCUT2D eigenvalue weighted by atomic mass is 32.1. The quantitative estimate of drug-likeness (QED) is 0.641. The Bertz CT molecular complexity index is 312. The Morgan fingerprint density at radius 3 is 2.67 bits per heavy atom. The molecule has 0 spiro atoms. The Morgan fingerprint density at radius 1 is 1.28 bits per heavy atom. The number of nitrogens with zero attached hydrogens (tertiary/aromatic N) is 1. The van der Waals surface area contributed by atoms with Crippen LogP contribution in [-0.2, 0) is 6.42 Å². The molecule has 104 valence electrons. The number of aromatic nitrogens is 1. The molecule has 0 radical (unpaired) electrons. The van der Waals surface area contributed by atoms with E-state index in [9.17, 15) is 0 Å². The zero-order valence-corrected chi connectivity index (χ0v) is 12.6. The molecule has 0 fully saturated rings. The van der Waals surface area contributed by atoms with Crippen molar-refractivity contribution in [3.63, 3.8) is 0 Å². The van der Waals surface area contributed by atoms with Gasteiger partial charge >= 0.3 is 0 Å². The van der Waals surface area contributed by atoms with Crippen LogP contribution in [0.4, 0.5) is 0 Å². The van der Waals surface area contributed by atoms with E-state index < -0.39 is 0 Å². The second-order valence-electron chi connectivity index (χ2n) is 4.75. The Balaban J connectivity index is 2.08. The third-order valence-corrected chi connectivity index (χ3v) is 4.45. The third kappa shape index (κ3) is 5.94. The monoisotopic (exact) mass is 269 g/mol. The Hall–Kier alpha value is -0.450. The average Bonchev–Trinajstić information content (AvgIpc) is 2.86. The first-order valence-electron chi connectivity index (χ1n) is 7.16. The van der Waals surface area contributed by atoms with Crippen molar-refractivity contribution in [2.75, 3.05) is 13.1 Å². The van der Waals surface area contributed by atoms with Gasteiger partial charge in [-0.15, -0.1) is 11.3 Å². The molecule has 0 aromatic carbocycles. The van der Waals surface area contributed by atoms with E-state index in [2.05, 4.69) is 24.1 Å². The summed E-state index contributed by atoms with van der Waals surface area (Å²) in [6.45, 7) is 6.30. The van der Waals surface area contributed by atoms with E-state index in [0.717, 1.165) is 19.5 Å². The van der Waals surface area contributed by atoms with Gasteiger partial charge in [0, 0.05) is 11.1 Å². The number of rotatable bonds is 10. The predicted molar refractivity (Wildman–Crippen MR) is 80.0 cm³/mol. The third-order valence-electron chi connectivity index (χ3n) is 3.12. The molecule has 0 aliphatic heterocycles. The standard InChI is InChI=1S/C14H27N3S/c1-3-13-11-17-14(18-13)12(2)16-10-8-6-4-5-7-9-15/h11-12,16H,3-10,15H2,1-2H3. The number of aryl methyl sites for hydroxylation is 1. The number of unbranched alkanes of at least 4 members (excludes halogenated alkanes) is 4. The van der Waals surface area contributed by atoms with Gasteiger partial charge in [0.05, 0.1) is 6.04 Å². The second kappa shape index (κ2) is 9.48. The SMILES string of the molecule is CCc1cnc(C(C)NCCCCCCCN)s1. The molecular weight excluding hydrogens is 242 g/mol. The lowest BCUT2D eigenvalue weighted by Gasteiger charge is -2.10. The van der Waals surface area contributed by atoms with Crippen molar-refractivity contribution >= 4 is 11.3 Å². The molecule has 4 heteroatoms. The van der Waals surface area contributed by atoms with Gasteiger partial charge in [-0.1, -0.05) is 26.2 Å². The normalized spacial score (nSPS) is 12.8. The van der Waals surface area contributed by atoms with Gasteiger partial charge in [-0.2, -0.15) is 0 Å². The van der Waals surface area contributed by atoms with Crippen LogP contribution < -0.4 is 11.1 Å². The van der Waals surface area contributed by atoms with E-state index >= 15 is 0 Å². The summed E-state index contributed by atoms with van der Waals surface area (Å²) < 4.78 is 0. The molecule has 1 aromatic heterocycles. The highest BCUT2D eigenvalue weighted by molar-refractivity contribution is 7.11. The predicted octanol–water partition coefficient (Wildman–Crippen LogP) is 3.27. The molecule has 1 unspecified atom stereocenters. The van der Waals surface area contributed by atoms with Gasteiger partial charge in [0.2, 0.25) is 0 Å². The summed E-state index contributed by atoms with van der Waals surface area (Å²) in [5.74, 6) is 0. The van der Waals surface area contributed by atoms with E-state index in [1.54, 1.807) is 0 Å². The van der Waals surface area contributed by atoms with Gasteiger partial charge in [-0.3, -0.25) is 0 Å². The molecule has 0 amide bonds. The van der Waals surface area contributed by atoms with Crippen molar-refractivity contribution in [1.82, 2.24) is 10.3 Å². The summed E-state index contributed by atoms with van der Waals surface area (Å²) in [4.78, 5) is 5.84. The minimum Gasteiger partial charge on any atom is -0.330 e. The second-order valence-corrected chi connectivity index (χ2v) is 5.90. The van der Waals surface area contributed by atoms with Crippen molar-refractivity contribution < 1.29 is 0 Å². The first-order chi connectivity index (χ1) is 8.77. The van der Waals surface area contributed by atoms with Crippen molar-refractivity contribution in [1.29, 1.82) is 0 Å². The lowest BCUT2D eigenvalue weighted by Crippen LogP contribution is -2.19. The van der Waals surface area contributed by atoms with Crippen LogP contribution >= 0.6 is 11.3 Å². The average molecular weight is 269 g/mol. The molecular formula is C14H27N3S. The summed E-state index contributed by atoms with van der Waals surface area (Å²) in [5.41, 5.74) is 5.47. The number of hydrogen-bond donors (Lipinski definition) is 2. The fourth-order valence-electron chi connectivity index (χ4n) is 1.89. The maximum atomic E-state index is 5.47. The Labute approximate surface area is 115 Å². The lowest BCUT2D eigenvalue weighted by atomic mass is 10.1. The first kappa shape index (κ1) is 15.6. The first-order valence-corrected chi connectivity index (χ1v) is 7.97. The van der Waals surface area contributed by atoms with Gasteiger partial charge < -0.3 is 11.1 Å². The molecule has 18 heavy (non-hydrogen) atoms. The van der Waals surface area contributed by atoms with E-state index in [0.29, 0.717) is 6.04 Å². The molecule has 0 saturated heterocycles. The Kier molecular flexibility index (Phi) is 8.22. The summed E-state index contributed by atoms with van der Waals surface area (Å²) in [5, 5.41) is 4.77. The Morgan fingerprint density at radius 2 is 2.00 bits per heavy atom. The van der Waals surface area contributed by atoms with Gasteiger partial charge in [-0.05, 0) is 39.3 Å². The highest BCUT2D eigenvalue weighted by Gasteiger charge is 2.08. The van der Waals surface area contributed by atoms with Crippen molar-refractivity contribution in [2.45, 2.75) is 58.4 Å². The van der Waals surface area contributed by atoms with E-state index in [-0.39, 0.29) is 0 Å². The molecule has 1 rings (SSSR count). The van der Waals surface area contributed by atoms with Crippen LogP contribution in [-0.4, -0.2) is 18.1 Å². The summed E-state index contributed by atoms with van der Waals surface area (Å²) >= 11 is 1.83. The molecule has 3 N–H and O–H groups in total. The maximum absolute atomic E-state index is 5.47. The maximum Gasteiger partial charge on any atom is 0.109 e. The number of nitrogens with two attached hydrogens (primary N) is 1. The molecule has 0 aliphatic carbocycles. The zero-order valence-electron chi connectivity index (χ0n) is 11.7. The van der Waals surface area contributed by atoms with E-state index in [4.69, 9.17) is 5.73 Å². The smallest absolute Gasteiger partial charge is 0.109 e. The van der Waals surface area contributed by atoms with Gasteiger partial charge in [0.25, 0.3) is 0 Å². The van der Waals surface area contributed by atoms with Gasteiger partial charge in [0.15, 0.2) is 0 Å². The summed E-state index contributed by atoms with van der Waals surface area (Å²) in [7, 11) is 0. The summed E-state index contributed by atoms with van der Waals surface area (Å²) in [6.07, 6.45) is 9.40. The van der Waals surface area contributed by atoms with Crippen LogP contribution in [0.2, 0.25) is 0 Å². The molecule has 0 saturated carbocycles. The highest BCUT2D eigenvalue weighted by Crippen LogP contribution is 2.20. The van der Waals surface area contributed by atoms with Gasteiger partial charge in [0.1, 0.15) is 5.01 Å². The van der Waals surface area contributed by atoms with Crippen LogP contribution in [0.5, 0.6) is 0 Å². The number of hydrogen-bond acceptors (Lipinski definition) is 4. The van der Waals surface area contributed by atoms with Crippen molar-refractivity contribution in [3.8, 4) is 0 Å². The van der Waals surface area contributed by atoms with Crippen LogP contribution in [0, 0.1) is 0 Å². The van der Waals surface area contributed by atoms with Crippen molar-refractivity contribution in [2.24, 2.45) is 5.73 Å². The van der Waals surface area contributed by atoms with Crippen molar-refractivity contribution in [3.05, 3.63) is 16.1 Å². The summed E-state index contributed by atoms with van der Waals surface area (Å²) in [6, 6.07) is 0.388. The fourth-order valence-corrected chi connectivity index (χ4v) is 2.78. The topological polar surface area (TPSA) is 50.9 Å². The fraction of sp³-hybridized carbons (Fsp3) is 0.786. The minimum atomic E-state index is 0.388. The molecule has 1 heterocycles. The van der Waals surface area contributed by atoms with Crippen LogP contribution in [0.25, 0.3) is 0 Å². The molecule has 0 aliphatic rings. The lowest BCUT2D eigenvalue weighted by molar-refractivity contribution is 0.528. The van der Waals surface area contributed by atoms with E-state index in [1.165, 1.54) is 42.0 Å². The zero-order chi connectivity index (χ0) is 13.2. The number of thiazole rings is 1. The van der Waals surface area contributed by atoms with Crippen LogP contribution in [0.3, 0.4) is 0 Å². The molecule has 3 nitrogen and oxygen atoms in total. The largest absolute Gasteiger partial charge is 0.330 e.